The molecule has 0 aromatic heterocycles. The first-order chi connectivity index (χ1) is 4.94. The Hall–Kier alpha value is 0.110. The van der Waals surface area contributed by atoms with Crippen LogP contribution in [0.2, 0.25) is 0 Å². The zero-order valence-electron chi connectivity index (χ0n) is 6.90. The molecule has 1 fully saturated rings. The lowest BCUT2D eigenvalue weighted by atomic mass is 10.1. The number of hydrogen-bond donors (Lipinski definition) is 1. The Morgan fingerprint density at radius 1 is 1.82 bits per heavy atom. The Morgan fingerprint density at radius 2 is 2.36 bits per heavy atom. The molecular weight excluding hydrogens is 167 g/mol. The molecule has 0 radical (unpaired) electrons. The van der Waals surface area contributed by atoms with Crippen molar-refractivity contribution in [3.63, 3.8) is 0 Å². The van der Waals surface area contributed by atoms with Crippen LogP contribution in [-0.2, 0) is 13.6 Å². The van der Waals surface area contributed by atoms with Gasteiger partial charge in [0.2, 0.25) is 0 Å². The van der Waals surface area contributed by atoms with Crippen molar-refractivity contribution in [3.8, 4) is 0 Å². The summed E-state index contributed by atoms with van der Waals surface area (Å²) in [6.45, 7) is 3.55. The fourth-order valence-electron chi connectivity index (χ4n) is 1.01. The first-order valence-corrected chi connectivity index (χ1v) is 5.01. The van der Waals surface area contributed by atoms with E-state index in [1.54, 1.807) is 6.92 Å². The van der Waals surface area contributed by atoms with Crippen molar-refractivity contribution >= 4 is 7.60 Å². The Bertz CT molecular complexity index is 201. The van der Waals surface area contributed by atoms with E-state index >= 15 is 0 Å². The summed E-state index contributed by atoms with van der Waals surface area (Å²) in [5, 5.41) is 8.34. The maximum Gasteiger partial charge on any atom is 0.361 e. The highest BCUT2D eigenvalue weighted by atomic mass is 31.2. The first kappa shape index (κ1) is 9.20. The third-order valence-electron chi connectivity index (χ3n) is 2.22. The minimum absolute atomic E-state index is 0.145. The van der Waals surface area contributed by atoms with E-state index in [1.165, 1.54) is 14.0 Å². The molecule has 0 spiro atoms. The summed E-state index contributed by atoms with van der Waals surface area (Å²) in [7, 11) is -1.97. The second kappa shape index (κ2) is 2.56. The van der Waals surface area contributed by atoms with Crippen LogP contribution < -0.4 is 0 Å². The third-order valence-corrected chi connectivity index (χ3v) is 4.74. The Labute approximate surface area is 66.0 Å². The molecule has 0 bridgehead atoms. The van der Waals surface area contributed by atoms with Crippen LogP contribution in [0.5, 0.6) is 0 Å². The van der Waals surface area contributed by atoms with Gasteiger partial charge in [0.05, 0.1) is 6.61 Å². The zero-order chi connectivity index (χ0) is 8.70. The highest BCUT2D eigenvalue weighted by Crippen LogP contribution is 2.65. The van der Waals surface area contributed by atoms with E-state index in [2.05, 4.69) is 4.52 Å². The zero-order valence-corrected chi connectivity index (χ0v) is 7.80. The van der Waals surface area contributed by atoms with Crippen molar-refractivity contribution in [1.82, 2.24) is 0 Å². The Morgan fingerprint density at radius 3 is 2.55 bits per heavy atom. The summed E-state index contributed by atoms with van der Waals surface area (Å²) in [4.78, 5) is 0. The van der Waals surface area contributed by atoms with Gasteiger partial charge < -0.3 is 14.2 Å². The first-order valence-electron chi connectivity index (χ1n) is 3.47. The van der Waals surface area contributed by atoms with Crippen LogP contribution in [0, 0.1) is 5.92 Å². The van der Waals surface area contributed by atoms with Crippen LogP contribution in [0.25, 0.3) is 0 Å². The number of aliphatic hydroxyl groups is 1. The average molecular weight is 180 g/mol. The normalized spacial score (nSPS) is 51.5. The van der Waals surface area contributed by atoms with E-state index in [9.17, 15) is 9.67 Å². The predicted molar refractivity (Wildman–Crippen MR) is 40.4 cm³/mol. The minimum Gasteiger partial charge on any atom is -0.377 e. The van der Waals surface area contributed by atoms with Gasteiger partial charge >= 0.3 is 7.60 Å². The number of rotatable bonds is 1. The quantitative estimate of drug-likeness (QED) is 0.616. The standard InChI is InChI=1S/C6H13O4P/c1-5-4-10-11(8,9-3)6(5,2)7/h5,7H,4H2,1-3H3/t5-,6+,11-/m1/s1. The topological polar surface area (TPSA) is 55.8 Å². The molecule has 3 atom stereocenters. The van der Waals surface area contributed by atoms with Crippen molar-refractivity contribution in [1.29, 1.82) is 0 Å². The van der Waals surface area contributed by atoms with Gasteiger partial charge in [-0.1, -0.05) is 6.92 Å². The van der Waals surface area contributed by atoms with Crippen LogP contribution >= 0.6 is 7.60 Å². The molecule has 1 rings (SSSR count). The van der Waals surface area contributed by atoms with Gasteiger partial charge in [0.15, 0.2) is 5.34 Å². The molecule has 0 aliphatic carbocycles. The third kappa shape index (κ3) is 1.14. The number of hydrogen-bond acceptors (Lipinski definition) is 4. The lowest BCUT2D eigenvalue weighted by molar-refractivity contribution is 0.0884. The molecule has 66 valence electrons. The van der Waals surface area contributed by atoms with Crippen molar-refractivity contribution in [2.45, 2.75) is 19.2 Å². The maximum atomic E-state index is 11.6. The van der Waals surface area contributed by atoms with E-state index in [0.29, 0.717) is 0 Å². The van der Waals surface area contributed by atoms with Gasteiger partial charge in [0, 0.05) is 13.0 Å². The van der Waals surface area contributed by atoms with E-state index in [0.717, 1.165) is 0 Å². The predicted octanol–water partition coefficient (Wildman–Crippen LogP) is 1.20. The summed E-state index contributed by atoms with van der Waals surface area (Å²) in [6, 6.07) is 0. The van der Waals surface area contributed by atoms with E-state index in [-0.39, 0.29) is 12.5 Å². The van der Waals surface area contributed by atoms with Crippen LogP contribution in [0.3, 0.4) is 0 Å². The summed E-state index contributed by atoms with van der Waals surface area (Å²) in [5.41, 5.74) is 0. The summed E-state index contributed by atoms with van der Waals surface area (Å²) in [5.74, 6) is -0.145. The van der Waals surface area contributed by atoms with E-state index in [1.807, 2.05) is 0 Å². The van der Waals surface area contributed by atoms with Crippen LogP contribution in [0.4, 0.5) is 0 Å². The average Bonchev–Trinajstić information content (AvgIpc) is 2.15. The highest BCUT2D eigenvalue weighted by Gasteiger charge is 2.54. The van der Waals surface area contributed by atoms with Crippen molar-refractivity contribution in [2.24, 2.45) is 5.92 Å². The molecule has 1 heterocycles. The fraction of sp³-hybridized carbons (Fsp3) is 1.00. The lowest BCUT2D eigenvalue weighted by Crippen LogP contribution is -2.28. The van der Waals surface area contributed by atoms with Crippen LogP contribution in [-0.4, -0.2) is 24.2 Å². The Kier molecular flexibility index (Phi) is 2.14. The highest BCUT2D eigenvalue weighted by molar-refractivity contribution is 7.55. The van der Waals surface area contributed by atoms with Crippen molar-refractivity contribution in [2.75, 3.05) is 13.7 Å². The molecule has 1 N–H and O–H groups in total. The molecule has 5 heteroatoms. The maximum absolute atomic E-state index is 11.6. The lowest BCUT2D eigenvalue weighted by Gasteiger charge is -2.24. The fourth-order valence-corrected chi connectivity index (χ4v) is 2.78. The second-order valence-corrected chi connectivity index (χ2v) is 5.49. The molecule has 1 saturated heterocycles. The van der Waals surface area contributed by atoms with Gasteiger partial charge in [-0.15, -0.1) is 0 Å². The van der Waals surface area contributed by atoms with Gasteiger partial charge in [-0.05, 0) is 6.92 Å². The smallest absolute Gasteiger partial charge is 0.361 e. The van der Waals surface area contributed by atoms with E-state index in [4.69, 9.17) is 4.52 Å². The van der Waals surface area contributed by atoms with Gasteiger partial charge in [-0.3, -0.25) is 4.57 Å². The van der Waals surface area contributed by atoms with Crippen molar-refractivity contribution < 1.29 is 18.7 Å². The van der Waals surface area contributed by atoms with Gasteiger partial charge in [-0.2, -0.15) is 0 Å². The largest absolute Gasteiger partial charge is 0.377 e. The van der Waals surface area contributed by atoms with Crippen LogP contribution in [0.1, 0.15) is 13.8 Å². The molecule has 0 unspecified atom stereocenters. The molecule has 0 saturated carbocycles. The van der Waals surface area contributed by atoms with Gasteiger partial charge in [0.25, 0.3) is 0 Å². The van der Waals surface area contributed by atoms with Crippen LogP contribution in [0.15, 0.2) is 0 Å². The molecule has 0 aromatic rings. The minimum atomic E-state index is -3.25. The monoisotopic (exact) mass is 180 g/mol. The molecule has 0 aromatic carbocycles. The Balaban J connectivity index is 2.95. The molecule has 4 nitrogen and oxygen atoms in total. The van der Waals surface area contributed by atoms with Gasteiger partial charge in [0.1, 0.15) is 0 Å². The summed E-state index contributed by atoms with van der Waals surface area (Å²) >= 11 is 0. The molecule has 1 aliphatic heterocycles. The second-order valence-electron chi connectivity index (χ2n) is 2.97. The molecule has 0 amide bonds. The summed E-state index contributed by atoms with van der Waals surface area (Å²) < 4.78 is 21.1. The molecular formula is C6H13O4P. The molecule has 1 aliphatic rings. The SMILES string of the molecule is CO[P@@]1(=O)OC[C@@H](C)[C@@]1(C)O. The van der Waals surface area contributed by atoms with Crippen molar-refractivity contribution in [3.05, 3.63) is 0 Å². The van der Waals surface area contributed by atoms with Gasteiger partial charge in [-0.25, -0.2) is 0 Å². The summed E-state index contributed by atoms with van der Waals surface area (Å²) in [6.07, 6.45) is 0. The van der Waals surface area contributed by atoms with E-state index < -0.39 is 12.9 Å². The molecule has 11 heavy (non-hydrogen) atoms.